The largest absolute Gasteiger partial charge is 0.454 e. The van der Waals surface area contributed by atoms with E-state index in [1.807, 2.05) is 23.7 Å². The van der Waals surface area contributed by atoms with Gasteiger partial charge in [-0.1, -0.05) is 11.3 Å². The second-order valence-electron chi connectivity index (χ2n) is 5.60. The minimum Gasteiger partial charge on any atom is -0.454 e. The Labute approximate surface area is 145 Å². The topological polar surface area (TPSA) is 71.3 Å². The molecule has 0 unspecified atom stereocenters. The summed E-state index contributed by atoms with van der Waals surface area (Å²) in [6, 6.07) is 8.86. The maximum absolute atomic E-state index is 12.5. The molecule has 0 spiro atoms. The lowest BCUT2D eigenvalue weighted by molar-refractivity contribution is 0.0997. The van der Waals surface area contributed by atoms with Gasteiger partial charge in [0.15, 0.2) is 27.8 Å². The first-order valence-electron chi connectivity index (χ1n) is 7.57. The summed E-state index contributed by atoms with van der Waals surface area (Å²) in [5.74, 6) is 2.28. The van der Waals surface area contributed by atoms with Gasteiger partial charge in [-0.3, -0.25) is 4.79 Å². The molecule has 3 aromatic rings. The van der Waals surface area contributed by atoms with Crippen molar-refractivity contribution in [2.24, 2.45) is 12.0 Å². The van der Waals surface area contributed by atoms with Gasteiger partial charge in [-0.2, -0.15) is 4.99 Å². The van der Waals surface area contributed by atoms with E-state index >= 15 is 0 Å². The summed E-state index contributed by atoms with van der Waals surface area (Å²) in [5, 5.41) is 0. The minimum atomic E-state index is -0.333. The number of rotatable bonds is 1. The molecule has 7 nitrogen and oxygen atoms in total. The van der Waals surface area contributed by atoms with Crippen LogP contribution in [0.4, 0.5) is 0 Å². The van der Waals surface area contributed by atoms with Crippen molar-refractivity contribution in [2.75, 3.05) is 13.6 Å². The fourth-order valence-electron chi connectivity index (χ4n) is 2.81. The van der Waals surface area contributed by atoms with Gasteiger partial charge in [-0.25, -0.2) is 0 Å². The summed E-state index contributed by atoms with van der Waals surface area (Å²) < 4.78 is 24.2. The molecule has 1 amide bonds. The first kappa shape index (κ1) is 14.4. The molecule has 0 N–H and O–H groups in total. The molecule has 2 aromatic carbocycles. The Balaban J connectivity index is 1.58. The number of carbonyl (C=O) groups excluding carboxylic acids is 1. The fraction of sp³-hybridized carbons (Fsp3) is 0.176. The highest BCUT2D eigenvalue weighted by Crippen LogP contribution is 2.37. The minimum absolute atomic E-state index is 0.171. The summed E-state index contributed by atoms with van der Waals surface area (Å²) in [6.45, 7) is 0.403. The number of fused-ring (bicyclic) bond motifs is 3. The SMILES string of the molecule is Cn1c(=NC(=O)c2ccc3c(c2)OCO3)sc2cc3c(cc21)OCO3. The molecule has 25 heavy (non-hydrogen) atoms. The van der Waals surface area contributed by atoms with Crippen LogP contribution in [-0.2, 0) is 7.05 Å². The number of amides is 1. The van der Waals surface area contributed by atoms with Crippen molar-refractivity contribution in [2.45, 2.75) is 0 Å². The number of ether oxygens (including phenoxy) is 4. The van der Waals surface area contributed by atoms with Crippen molar-refractivity contribution in [3.8, 4) is 23.0 Å². The molecule has 8 heteroatoms. The van der Waals surface area contributed by atoms with Crippen LogP contribution in [-0.4, -0.2) is 24.1 Å². The number of benzene rings is 2. The molecular formula is C17H12N2O5S. The third-order valence-electron chi connectivity index (χ3n) is 4.12. The number of nitrogens with zero attached hydrogens (tertiary/aromatic N) is 2. The van der Waals surface area contributed by atoms with Crippen LogP contribution in [0.2, 0.25) is 0 Å². The monoisotopic (exact) mass is 356 g/mol. The van der Waals surface area contributed by atoms with Gasteiger partial charge in [0.1, 0.15) is 0 Å². The summed E-state index contributed by atoms with van der Waals surface area (Å²) >= 11 is 1.42. The van der Waals surface area contributed by atoms with Crippen molar-refractivity contribution in [3.63, 3.8) is 0 Å². The van der Waals surface area contributed by atoms with E-state index in [1.165, 1.54) is 11.3 Å². The second kappa shape index (κ2) is 5.25. The van der Waals surface area contributed by atoms with Gasteiger partial charge in [0.05, 0.1) is 10.2 Å². The molecule has 0 saturated carbocycles. The Morgan fingerprint density at radius 3 is 2.48 bits per heavy atom. The Kier molecular flexibility index (Phi) is 3.01. The van der Waals surface area contributed by atoms with E-state index in [0.29, 0.717) is 33.4 Å². The van der Waals surface area contributed by atoms with Crippen molar-refractivity contribution in [1.29, 1.82) is 0 Å². The normalized spacial score (nSPS) is 15.2. The molecule has 126 valence electrons. The predicted molar refractivity (Wildman–Crippen MR) is 89.4 cm³/mol. The summed E-state index contributed by atoms with van der Waals surface area (Å²) in [5.41, 5.74) is 1.39. The van der Waals surface area contributed by atoms with Crippen LogP contribution in [0.15, 0.2) is 35.3 Å². The van der Waals surface area contributed by atoms with Crippen molar-refractivity contribution < 1.29 is 23.7 Å². The van der Waals surface area contributed by atoms with E-state index in [-0.39, 0.29) is 19.5 Å². The van der Waals surface area contributed by atoms with Crippen LogP contribution >= 0.6 is 11.3 Å². The smallest absolute Gasteiger partial charge is 0.279 e. The van der Waals surface area contributed by atoms with Gasteiger partial charge in [-0.05, 0) is 18.2 Å². The molecule has 5 rings (SSSR count). The highest BCUT2D eigenvalue weighted by Gasteiger charge is 2.18. The van der Waals surface area contributed by atoms with Crippen LogP contribution in [0, 0.1) is 0 Å². The lowest BCUT2D eigenvalue weighted by atomic mass is 10.2. The Hall–Kier alpha value is -3.00. The predicted octanol–water partition coefficient (Wildman–Crippen LogP) is 2.44. The van der Waals surface area contributed by atoms with Crippen LogP contribution < -0.4 is 23.7 Å². The van der Waals surface area contributed by atoms with Gasteiger partial charge < -0.3 is 23.5 Å². The second-order valence-corrected chi connectivity index (χ2v) is 6.61. The van der Waals surface area contributed by atoms with Gasteiger partial charge in [-0.15, -0.1) is 0 Å². The number of hydrogen-bond donors (Lipinski definition) is 0. The Bertz CT molecular complexity index is 1100. The Morgan fingerprint density at radius 1 is 1.00 bits per heavy atom. The lowest BCUT2D eigenvalue weighted by Gasteiger charge is -1.99. The molecular weight excluding hydrogens is 344 g/mol. The van der Waals surface area contributed by atoms with Gasteiger partial charge >= 0.3 is 0 Å². The average molecular weight is 356 g/mol. The zero-order valence-corrected chi connectivity index (χ0v) is 14.0. The number of aryl methyl sites for hydroxylation is 1. The maximum Gasteiger partial charge on any atom is 0.279 e. The highest BCUT2D eigenvalue weighted by molar-refractivity contribution is 7.16. The van der Waals surface area contributed by atoms with E-state index < -0.39 is 0 Å². The first-order valence-corrected chi connectivity index (χ1v) is 8.38. The summed E-state index contributed by atoms with van der Waals surface area (Å²) in [4.78, 5) is 17.4. The molecule has 0 fully saturated rings. The number of thiazole rings is 1. The van der Waals surface area contributed by atoms with Crippen LogP contribution in [0.3, 0.4) is 0 Å². The van der Waals surface area contributed by atoms with Gasteiger partial charge in [0, 0.05) is 24.7 Å². The fourth-order valence-corrected chi connectivity index (χ4v) is 3.83. The highest BCUT2D eigenvalue weighted by atomic mass is 32.1. The standard InChI is InChI=1S/C17H12N2O5S/c1-19-10-5-13-14(24-8-23-13)6-15(10)25-17(19)18-16(20)9-2-3-11-12(4-9)22-7-21-11/h2-6H,7-8H2,1H3. The molecule has 0 atom stereocenters. The van der Waals surface area contributed by atoms with E-state index in [4.69, 9.17) is 18.9 Å². The van der Waals surface area contributed by atoms with Crippen LogP contribution in [0.1, 0.15) is 10.4 Å². The van der Waals surface area contributed by atoms with Crippen LogP contribution in [0.25, 0.3) is 10.2 Å². The van der Waals surface area contributed by atoms with E-state index in [0.717, 1.165) is 10.2 Å². The molecule has 0 bridgehead atoms. The Morgan fingerprint density at radius 2 is 1.68 bits per heavy atom. The number of hydrogen-bond acceptors (Lipinski definition) is 6. The maximum atomic E-state index is 12.5. The van der Waals surface area contributed by atoms with E-state index in [9.17, 15) is 4.79 Å². The quantitative estimate of drug-likeness (QED) is 0.670. The van der Waals surface area contributed by atoms with Gasteiger partial charge in [0.25, 0.3) is 5.91 Å². The molecule has 2 aliphatic heterocycles. The van der Waals surface area contributed by atoms with Crippen LogP contribution in [0.5, 0.6) is 23.0 Å². The summed E-state index contributed by atoms with van der Waals surface area (Å²) in [7, 11) is 1.87. The third kappa shape index (κ3) is 2.25. The molecule has 3 heterocycles. The molecule has 0 aliphatic carbocycles. The number of carbonyl (C=O) groups is 1. The number of aromatic nitrogens is 1. The van der Waals surface area contributed by atoms with Crippen molar-refractivity contribution in [3.05, 3.63) is 40.7 Å². The molecule has 1 aromatic heterocycles. The summed E-state index contributed by atoms with van der Waals surface area (Å²) in [6.07, 6.45) is 0. The lowest BCUT2D eigenvalue weighted by Crippen LogP contribution is -2.13. The zero-order valence-electron chi connectivity index (χ0n) is 13.1. The molecule has 0 saturated heterocycles. The van der Waals surface area contributed by atoms with E-state index in [2.05, 4.69) is 4.99 Å². The first-order chi connectivity index (χ1) is 12.2. The van der Waals surface area contributed by atoms with E-state index in [1.54, 1.807) is 18.2 Å². The van der Waals surface area contributed by atoms with Gasteiger partial charge in [0.2, 0.25) is 13.6 Å². The molecule has 2 aliphatic rings. The van der Waals surface area contributed by atoms with Crippen molar-refractivity contribution >= 4 is 27.5 Å². The van der Waals surface area contributed by atoms with Crippen molar-refractivity contribution in [1.82, 2.24) is 4.57 Å². The average Bonchev–Trinajstić information content (AvgIpc) is 3.32. The molecule has 0 radical (unpaired) electrons. The zero-order chi connectivity index (χ0) is 17.0. The third-order valence-corrected chi connectivity index (χ3v) is 5.22.